The molecule has 0 aliphatic rings. The average Bonchev–Trinajstić information content (AvgIpc) is 1.12. The van der Waals surface area contributed by atoms with E-state index in [0.717, 1.165) is 0 Å². The molecule has 0 spiro atoms. The SMILES string of the molecule is O=S([O-])([O-])=S.O=S([O-])([O-])=S.[Bi+3].[Na+]. The van der Waals surface area contributed by atoms with E-state index in [1.165, 1.54) is 0 Å². The van der Waals surface area contributed by atoms with Gasteiger partial charge >= 0.3 is 55.8 Å². The van der Waals surface area contributed by atoms with E-state index in [0.29, 0.717) is 0 Å². The second kappa shape index (κ2) is 10.00. The molecule has 2 radical (unpaired) electrons. The monoisotopic (exact) mass is 456 g/mol. The second-order valence-electron chi connectivity index (χ2n) is 0.816. The summed E-state index contributed by atoms with van der Waals surface area (Å²) in [5.41, 5.74) is 0. The van der Waals surface area contributed by atoms with Crippen LogP contribution in [0.3, 0.4) is 0 Å². The van der Waals surface area contributed by atoms with Crippen molar-refractivity contribution in [2.24, 2.45) is 0 Å². The fourth-order valence-corrected chi connectivity index (χ4v) is 0. The van der Waals surface area contributed by atoms with Crippen molar-refractivity contribution in [3.8, 4) is 0 Å². The van der Waals surface area contributed by atoms with E-state index >= 15 is 0 Å². The van der Waals surface area contributed by atoms with Crippen LogP contribution in [-0.2, 0) is 40.5 Å². The molecule has 0 heterocycles. The van der Waals surface area contributed by atoms with Crippen LogP contribution in [0.25, 0.3) is 0 Å². The first-order chi connectivity index (χ1) is 4.00. The summed E-state index contributed by atoms with van der Waals surface area (Å²) in [7, 11) is -8.67. The predicted molar refractivity (Wildman–Crippen MR) is 39.9 cm³/mol. The first-order valence-electron chi connectivity index (χ1n) is 1.33. The van der Waals surface area contributed by atoms with Crippen molar-refractivity contribution >= 4 is 66.7 Å². The van der Waals surface area contributed by atoms with Crippen molar-refractivity contribution in [1.82, 2.24) is 0 Å². The van der Waals surface area contributed by atoms with Crippen LogP contribution in [0, 0.1) is 0 Å². The zero-order valence-corrected chi connectivity index (χ0v) is 14.3. The van der Waals surface area contributed by atoms with Gasteiger partial charge in [0.1, 0.15) is 0 Å². The summed E-state index contributed by atoms with van der Waals surface area (Å²) >= 11 is 6.49. The molecule has 12 heteroatoms. The summed E-state index contributed by atoms with van der Waals surface area (Å²) in [6.07, 6.45) is 0. The minimum absolute atomic E-state index is 0. The average molecular weight is 456 g/mol. The third-order valence-electron chi connectivity index (χ3n) is 0. The van der Waals surface area contributed by atoms with Crippen LogP contribution in [0.15, 0.2) is 0 Å². The number of hydrogen-bond donors (Lipinski definition) is 0. The number of hydrogen-bond acceptors (Lipinski definition) is 8. The Kier molecular flexibility index (Phi) is 19.9. The predicted octanol–water partition coefficient (Wildman–Crippen LogP) is -5.39. The first kappa shape index (κ1) is 23.9. The van der Waals surface area contributed by atoms with Crippen molar-refractivity contribution in [1.29, 1.82) is 0 Å². The van der Waals surface area contributed by atoms with E-state index in [1.54, 1.807) is 0 Å². The van der Waals surface area contributed by atoms with Gasteiger partial charge in [0.2, 0.25) is 0 Å². The summed E-state index contributed by atoms with van der Waals surface area (Å²) < 4.78 is 53.3. The maximum Gasteiger partial charge on any atom is 3.00 e. The van der Waals surface area contributed by atoms with Gasteiger partial charge in [-0.1, -0.05) is 0 Å². The molecular weight excluding hydrogens is 456 g/mol. The molecule has 0 aromatic carbocycles. The summed E-state index contributed by atoms with van der Waals surface area (Å²) in [6.45, 7) is 0. The van der Waals surface area contributed by atoms with Gasteiger partial charge in [0.15, 0.2) is 0 Å². The maximum atomic E-state index is 8.89. The molecule has 0 unspecified atom stereocenters. The Hall–Kier alpha value is 2.46. The van der Waals surface area contributed by atoms with Gasteiger partial charge in [0.05, 0.1) is 0 Å². The summed E-state index contributed by atoms with van der Waals surface area (Å²) in [4.78, 5) is 0. The molecule has 12 heavy (non-hydrogen) atoms. The molecule has 0 aromatic rings. The van der Waals surface area contributed by atoms with Crippen LogP contribution in [-0.4, -0.2) is 52.8 Å². The van der Waals surface area contributed by atoms with Crippen LogP contribution >= 0.6 is 0 Å². The quantitative estimate of drug-likeness (QED) is 0.331. The summed E-state index contributed by atoms with van der Waals surface area (Å²) in [5.74, 6) is 0. The molecule has 0 saturated heterocycles. The maximum absolute atomic E-state index is 8.89. The molecule has 0 saturated carbocycles. The molecule has 0 amide bonds. The Bertz CT molecular complexity index is 216. The van der Waals surface area contributed by atoms with Crippen molar-refractivity contribution in [3.05, 3.63) is 0 Å². The molecule has 0 aliphatic carbocycles. The fraction of sp³-hybridized carbons (Fsp3) is 0. The van der Waals surface area contributed by atoms with E-state index in [4.69, 9.17) is 26.6 Å². The van der Waals surface area contributed by atoms with Crippen LogP contribution in [0.5, 0.6) is 0 Å². The Balaban J connectivity index is -0.0000000457. The third kappa shape index (κ3) is 270. The van der Waals surface area contributed by atoms with Gasteiger partial charge in [0, 0.05) is 0 Å². The van der Waals surface area contributed by atoms with Crippen molar-refractivity contribution in [3.63, 3.8) is 0 Å². The van der Waals surface area contributed by atoms with Crippen LogP contribution < -0.4 is 29.6 Å². The van der Waals surface area contributed by atoms with E-state index in [-0.39, 0.29) is 55.8 Å². The molecule has 0 rings (SSSR count). The van der Waals surface area contributed by atoms with Gasteiger partial charge in [-0.05, 0) is 22.4 Å². The molecule has 0 atom stereocenters. The smallest absolute Gasteiger partial charge is 0.780 e. The molecular formula is BiNaO6S4. The van der Waals surface area contributed by atoms with Gasteiger partial charge in [-0.15, -0.1) is 18.1 Å². The third-order valence-corrected chi connectivity index (χ3v) is 0. The molecule has 66 valence electrons. The standard InChI is InChI=1S/Bi.Na.2H2O3S2/c;;2*1-5(2,3)4/h;;2*(H2,1,2,3,4)/q+3;+1;;/p-4. The van der Waals surface area contributed by atoms with Crippen molar-refractivity contribution in [2.45, 2.75) is 0 Å². The van der Waals surface area contributed by atoms with Gasteiger partial charge in [-0.3, -0.25) is 8.42 Å². The zero-order chi connectivity index (χ0) is 9.00. The van der Waals surface area contributed by atoms with Gasteiger partial charge in [-0.25, -0.2) is 0 Å². The minimum Gasteiger partial charge on any atom is -0.780 e. The van der Waals surface area contributed by atoms with Crippen molar-refractivity contribution in [2.75, 3.05) is 0 Å². The largest absolute Gasteiger partial charge is 3.00 e. The minimum atomic E-state index is -4.33. The summed E-state index contributed by atoms with van der Waals surface area (Å²) in [5, 5.41) is 0. The molecule has 6 nitrogen and oxygen atoms in total. The van der Waals surface area contributed by atoms with Crippen LogP contribution in [0.1, 0.15) is 0 Å². The van der Waals surface area contributed by atoms with Crippen LogP contribution in [0.2, 0.25) is 0 Å². The zero-order valence-electron chi connectivity index (χ0n) is 5.53. The van der Waals surface area contributed by atoms with Gasteiger partial charge < -0.3 is 18.2 Å². The molecule has 0 N–H and O–H groups in total. The van der Waals surface area contributed by atoms with E-state index in [1.807, 2.05) is 0 Å². The summed E-state index contributed by atoms with van der Waals surface area (Å²) in [6, 6.07) is 0. The van der Waals surface area contributed by atoms with Crippen LogP contribution in [0.4, 0.5) is 0 Å². The van der Waals surface area contributed by atoms with Crippen molar-refractivity contribution < 1.29 is 56.2 Å². The Morgan fingerprint density at radius 3 is 0.833 bits per heavy atom. The van der Waals surface area contributed by atoms with Gasteiger partial charge in [-0.2, -0.15) is 0 Å². The second-order valence-corrected chi connectivity index (χ2v) is 4.90. The van der Waals surface area contributed by atoms with E-state index in [2.05, 4.69) is 22.4 Å². The Morgan fingerprint density at radius 2 is 0.833 bits per heavy atom. The normalized spacial score (nSPS) is 9.67. The Labute approximate surface area is 121 Å². The Morgan fingerprint density at radius 1 is 0.833 bits per heavy atom. The number of rotatable bonds is 0. The molecule has 0 aliphatic heterocycles. The van der Waals surface area contributed by atoms with E-state index in [9.17, 15) is 0 Å². The molecule has 0 fully saturated rings. The van der Waals surface area contributed by atoms with Gasteiger partial charge in [0.25, 0.3) is 0 Å². The topological polar surface area (TPSA) is 126 Å². The molecule has 0 aromatic heterocycles. The van der Waals surface area contributed by atoms with E-state index < -0.39 is 18.1 Å². The molecule has 0 bridgehead atoms. The fourth-order valence-electron chi connectivity index (χ4n) is 0. The first-order valence-corrected chi connectivity index (χ1v) is 6.00.